The van der Waals surface area contributed by atoms with E-state index in [0.717, 1.165) is 66.9 Å². The number of aromatic nitrogens is 3. The van der Waals surface area contributed by atoms with Crippen molar-refractivity contribution in [1.82, 2.24) is 14.5 Å². The predicted octanol–water partition coefficient (Wildman–Crippen LogP) is 11.5. The van der Waals surface area contributed by atoms with E-state index in [1.807, 2.05) is 48.7 Å². The average Bonchev–Trinajstić information content (AvgIpc) is 3.77. The van der Waals surface area contributed by atoms with Gasteiger partial charge in [0.1, 0.15) is 5.58 Å². The van der Waals surface area contributed by atoms with Crippen LogP contribution in [0.2, 0.25) is 17.3 Å². The summed E-state index contributed by atoms with van der Waals surface area (Å²) >= 11 is -1.83. The van der Waals surface area contributed by atoms with Crippen molar-refractivity contribution in [2.75, 3.05) is 0 Å². The Bertz CT molecular complexity index is 2680. The third-order valence-corrected chi connectivity index (χ3v) is 13.3. The smallest absolute Gasteiger partial charge is 0.120 e. The first-order chi connectivity index (χ1) is 26.0. The summed E-state index contributed by atoms with van der Waals surface area (Å²) in [5.74, 6) is 7.80. The van der Waals surface area contributed by atoms with Crippen LogP contribution in [0.3, 0.4) is 0 Å². The molecule has 6 heteroatoms. The summed E-state index contributed by atoms with van der Waals surface area (Å²) in [6.45, 7) is -2.08. The summed E-state index contributed by atoms with van der Waals surface area (Å²) in [6.07, 6.45) is 1.95. The molecule has 0 saturated carbocycles. The van der Waals surface area contributed by atoms with E-state index < -0.39 is 20.1 Å². The SMILES string of the molecule is [2H]C([2H])([2H])c1c[c-]c(-c2cc[c]([Ge]([CH3])([CH3])[CH3])cn2)cc1.[Ir].[c-]1ccc2c(oc3ccccc32)c1-c1nc2ccccc2n1-c1cccc(-c2ccccc2)c1. The van der Waals surface area contributed by atoms with Crippen LogP contribution >= 0.6 is 0 Å². The third-order valence-electron chi connectivity index (χ3n) is 9.05. The number of pyridine rings is 1. The van der Waals surface area contributed by atoms with Gasteiger partial charge in [-0.05, 0) is 41.5 Å². The maximum absolute atomic E-state index is 7.35. The molecule has 0 bridgehead atoms. The number of hydrogen-bond acceptors (Lipinski definition) is 3. The fraction of sp³-hybridized carbons (Fsp3) is 0.0870. The number of hydrogen-bond donors (Lipinski definition) is 0. The normalized spacial score (nSPS) is 12.4. The van der Waals surface area contributed by atoms with E-state index in [0.29, 0.717) is 5.56 Å². The second kappa shape index (κ2) is 14.9. The molecule has 3 heterocycles. The van der Waals surface area contributed by atoms with Gasteiger partial charge in [0.05, 0.1) is 22.4 Å². The molecule has 52 heavy (non-hydrogen) atoms. The van der Waals surface area contributed by atoms with Crippen molar-refractivity contribution in [2.24, 2.45) is 0 Å². The number of para-hydroxylation sites is 3. The van der Waals surface area contributed by atoms with Crippen LogP contribution in [0.5, 0.6) is 0 Å². The first kappa shape index (κ1) is 31.7. The molecule has 0 unspecified atom stereocenters. The van der Waals surface area contributed by atoms with Crippen molar-refractivity contribution < 1.29 is 28.6 Å². The van der Waals surface area contributed by atoms with Crippen LogP contribution in [-0.4, -0.2) is 27.8 Å². The van der Waals surface area contributed by atoms with Gasteiger partial charge in [0.15, 0.2) is 0 Å². The minimum Gasteiger partial charge on any atom is -0.501 e. The zero-order valence-electron chi connectivity index (χ0n) is 32.0. The van der Waals surface area contributed by atoms with Crippen LogP contribution in [0.4, 0.5) is 0 Å². The van der Waals surface area contributed by atoms with Gasteiger partial charge in [-0.2, -0.15) is 0 Å². The number of benzene rings is 6. The molecule has 0 fully saturated rings. The van der Waals surface area contributed by atoms with Gasteiger partial charge in [-0.1, -0.05) is 83.7 Å². The van der Waals surface area contributed by atoms with E-state index in [1.165, 1.54) is 16.0 Å². The molecule has 0 amide bonds. The number of rotatable bonds is 5. The summed E-state index contributed by atoms with van der Waals surface area (Å²) in [7, 11) is 0. The Balaban J connectivity index is 0.000000191. The Morgan fingerprint density at radius 2 is 1.52 bits per heavy atom. The van der Waals surface area contributed by atoms with E-state index in [-0.39, 0.29) is 20.1 Å². The molecule has 0 aliphatic carbocycles. The summed E-state index contributed by atoms with van der Waals surface area (Å²) in [5, 5.41) is 2.17. The molecular formula is C46H37GeIrN3O-2. The quantitative estimate of drug-likeness (QED) is 0.128. The van der Waals surface area contributed by atoms with Crippen LogP contribution in [0.1, 0.15) is 9.68 Å². The van der Waals surface area contributed by atoms with Crippen LogP contribution in [0, 0.1) is 19.0 Å². The molecule has 3 aromatic heterocycles. The summed E-state index contributed by atoms with van der Waals surface area (Å²) < 4.78 is 31.9. The van der Waals surface area contributed by atoms with Gasteiger partial charge < -0.3 is 8.98 Å². The number of aryl methyl sites for hydroxylation is 1. The summed E-state index contributed by atoms with van der Waals surface area (Å²) in [4.78, 5) is 9.54. The van der Waals surface area contributed by atoms with E-state index in [9.17, 15) is 0 Å². The van der Waals surface area contributed by atoms with Crippen molar-refractivity contribution in [1.29, 1.82) is 0 Å². The van der Waals surface area contributed by atoms with Crippen molar-refractivity contribution in [3.8, 4) is 39.5 Å². The molecule has 0 N–H and O–H groups in total. The van der Waals surface area contributed by atoms with Crippen molar-refractivity contribution in [2.45, 2.75) is 24.1 Å². The molecule has 9 rings (SSSR count). The molecule has 0 aliphatic heterocycles. The maximum atomic E-state index is 7.35. The topological polar surface area (TPSA) is 43.9 Å². The summed E-state index contributed by atoms with van der Waals surface area (Å²) in [5.41, 5.74) is 9.86. The van der Waals surface area contributed by atoms with Crippen molar-refractivity contribution in [3.63, 3.8) is 0 Å². The molecule has 0 saturated heterocycles. The van der Waals surface area contributed by atoms with Gasteiger partial charge in [-0.25, -0.2) is 0 Å². The van der Waals surface area contributed by atoms with Crippen LogP contribution in [0.15, 0.2) is 156 Å². The fourth-order valence-electron chi connectivity index (χ4n) is 6.35. The monoisotopic (exact) mass is 917 g/mol. The predicted molar refractivity (Wildman–Crippen MR) is 214 cm³/mol. The molecule has 0 aliphatic rings. The molecule has 257 valence electrons. The molecular weight excluding hydrogens is 875 g/mol. The molecule has 0 spiro atoms. The van der Waals surface area contributed by atoms with Gasteiger partial charge in [-0.15, -0.1) is 18.2 Å². The first-order valence-corrected chi connectivity index (χ1v) is 24.3. The number of fused-ring (bicyclic) bond motifs is 4. The van der Waals surface area contributed by atoms with Gasteiger partial charge in [-0.3, -0.25) is 4.98 Å². The van der Waals surface area contributed by atoms with Crippen LogP contribution in [-0.2, 0) is 20.1 Å². The Morgan fingerprint density at radius 3 is 2.29 bits per heavy atom. The number of nitrogens with zero attached hydrogens (tertiary/aromatic N) is 3. The Morgan fingerprint density at radius 1 is 0.731 bits per heavy atom. The van der Waals surface area contributed by atoms with Crippen molar-refractivity contribution >= 4 is 50.6 Å². The second-order valence-electron chi connectivity index (χ2n) is 13.5. The molecule has 4 nitrogen and oxygen atoms in total. The number of imidazole rings is 1. The van der Waals surface area contributed by atoms with E-state index in [2.05, 4.69) is 124 Å². The van der Waals surface area contributed by atoms with E-state index >= 15 is 0 Å². The van der Waals surface area contributed by atoms with Gasteiger partial charge in [0.2, 0.25) is 0 Å². The largest absolute Gasteiger partial charge is 0.501 e. The minimum atomic E-state index is -2.08. The van der Waals surface area contributed by atoms with Crippen LogP contribution in [0.25, 0.3) is 72.4 Å². The van der Waals surface area contributed by atoms with Gasteiger partial charge in [0.25, 0.3) is 0 Å². The standard InChI is InChI=1S/C31H19N2O.C15H18GeN.Ir/c1-2-10-21(11-3-1)22-12-8-13-23(20-22)33-28-18-6-5-17-27(28)32-31(33)26-16-9-15-25-24-14-4-7-19-29(24)34-30(25)26;1-12-5-7-13(8-6-12)15-10-9-14(11-17-15)16(2,3)4;/h1-15,17-20H;5-7,9-11H,1-4H3;/q2*-1;/i;1D3;. The average molecular weight is 916 g/mol. The fourth-order valence-corrected chi connectivity index (χ4v) is 8.52. The Hall–Kier alpha value is -5.07. The molecule has 9 aromatic rings. The molecule has 6 aromatic carbocycles. The zero-order valence-corrected chi connectivity index (χ0v) is 33.5. The van der Waals surface area contributed by atoms with E-state index in [1.54, 1.807) is 12.1 Å². The van der Waals surface area contributed by atoms with Crippen LogP contribution < -0.4 is 4.40 Å². The summed E-state index contributed by atoms with van der Waals surface area (Å²) in [6, 6.07) is 54.9. The second-order valence-corrected chi connectivity index (χ2v) is 24.2. The number of furan rings is 1. The zero-order chi connectivity index (χ0) is 37.5. The third kappa shape index (κ3) is 7.05. The molecule has 0 atom stereocenters. The maximum Gasteiger partial charge on any atom is 0.120 e. The van der Waals surface area contributed by atoms with E-state index in [4.69, 9.17) is 13.5 Å². The Kier molecular flexibility index (Phi) is 9.06. The van der Waals surface area contributed by atoms with Gasteiger partial charge in [0, 0.05) is 31.2 Å². The van der Waals surface area contributed by atoms with Gasteiger partial charge >= 0.3 is 110 Å². The molecule has 1 radical (unpaired) electrons. The Labute approximate surface area is 325 Å². The minimum absolute atomic E-state index is 0. The first-order valence-electron chi connectivity index (χ1n) is 18.5. The van der Waals surface area contributed by atoms with Crippen molar-refractivity contribution in [3.05, 3.63) is 169 Å².